The van der Waals surface area contributed by atoms with Gasteiger partial charge < -0.3 is 14.2 Å². The largest absolute Gasteiger partial charge is 0.457 e. The first-order valence-corrected chi connectivity index (χ1v) is 13.0. The smallest absolute Gasteiger partial charge is 0.348 e. The van der Waals surface area contributed by atoms with Crippen molar-refractivity contribution in [2.24, 2.45) is 5.41 Å². The number of ketones is 1. The second-order valence-corrected chi connectivity index (χ2v) is 13.8. The van der Waals surface area contributed by atoms with Crippen LogP contribution in [0.15, 0.2) is 22.4 Å². The molecular weight excluding hydrogens is 431 g/mol. The molecule has 2 aliphatic rings. The SMILES string of the molecule is CC1(C)CC(=O)c2c(S(C)(=O)=P)sc(C(=O)OCc3ccc4c(c3)OCO4)c2C1. The molecule has 2 aromatic rings. The van der Waals surface area contributed by atoms with Crippen LogP contribution in [0.3, 0.4) is 0 Å². The van der Waals surface area contributed by atoms with Crippen molar-refractivity contribution in [2.45, 2.75) is 37.5 Å². The van der Waals surface area contributed by atoms with Gasteiger partial charge in [-0.05, 0) is 35.1 Å². The number of ether oxygens (including phenoxy) is 3. The molecule has 4 rings (SSSR count). The van der Waals surface area contributed by atoms with Crippen molar-refractivity contribution in [1.82, 2.24) is 0 Å². The number of carbonyl (C=O) groups excluding carboxylic acids is 2. The van der Waals surface area contributed by atoms with Crippen molar-refractivity contribution in [3.63, 3.8) is 0 Å². The molecule has 1 aromatic carbocycles. The summed E-state index contributed by atoms with van der Waals surface area (Å²) in [4.78, 5) is 26.0. The summed E-state index contributed by atoms with van der Waals surface area (Å²) >= 11 is 1.09. The molecule has 1 atom stereocenters. The van der Waals surface area contributed by atoms with Crippen LogP contribution >= 0.6 is 19.4 Å². The Morgan fingerprint density at radius 1 is 1.28 bits per heavy atom. The molecule has 0 N–H and O–H groups in total. The molecule has 0 fully saturated rings. The van der Waals surface area contributed by atoms with E-state index in [-0.39, 0.29) is 24.6 Å². The van der Waals surface area contributed by atoms with Gasteiger partial charge in [-0.2, -0.15) is 0 Å². The number of Topliss-reactive ketones (excluding diaryl/α,β-unsaturated/α-hetero) is 1. The summed E-state index contributed by atoms with van der Waals surface area (Å²) in [6, 6.07) is 5.35. The molecule has 1 aliphatic heterocycles. The minimum Gasteiger partial charge on any atom is -0.457 e. The molecule has 2 heterocycles. The van der Waals surface area contributed by atoms with Crippen molar-refractivity contribution in [2.75, 3.05) is 13.0 Å². The molecule has 0 amide bonds. The molecule has 0 saturated carbocycles. The maximum atomic E-state index is 12.9. The number of hydrogen-bond acceptors (Lipinski definition) is 7. The average molecular weight is 452 g/mol. The van der Waals surface area contributed by atoms with Crippen LogP contribution in [0.4, 0.5) is 0 Å². The van der Waals surface area contributed by atoms with E-state index in [9.17, 15) is 13.8 Å². The zero-order valence-electron chi connectivity index (χ0n) is 16.3. The average Bonchev–Trinajstić information content (AvgIpc) is 3.22. The van der Waals surface area contributed by atoms with Crippen molar-refractivity contribution in [1.29, 1.82) is 0 Å². The number of benzene rings is 1. The Morgan fingerprint density at radius 2 is 2.00 bits per heavy atom. The van der Waals surface area contributed by atoms with Crippen LogP contribution in [-0.4, -0.2) is 29.0 Å². The van der Waals surface area contributed by atoms with Gasteiger partial charge in [0.25, 0.3) is 0 Å². The lowest BCUT2D eigenvalue weighted by Crippen LogP contribution is -2.28. The van der Waals surface area contributed by atoms with Gasteiger partial charge in [-0.15, -0.1) is 11.3 Å². The fraction of sp³-hybridized carbons (Fsp3) is 0.400. The third-order valence-corrected chi connectivity index (χ3v) is 9.07. The van der Waals surface area contributed by atoms with Crippen molar-refractivity contribution >= 4 is 40.2 Å². The Bertz CT molecular complexity index is 1130. The van der Waals surface area contributed by atoms with Crippen molar-refractivity contribution in [3.05, 3.63) is 39.8 Å². The molecule has 0 saturated heterocycles. The van der Waals surface area contributed by atoms with Gasteiger partial charge in [0.1, 0.15) is 11.5 Å². The Kier molecular flexibility index (Phi) is 5.00. The topological polar surface area (TPSA) is 78.9 Å². The van der Waals surface area contributed by atoms with Crippen LogP contribution in [0.1, 0.15) is 51.4 Å². The lowest BCUT2D eigenvalue weighted by atomic mass is 9.74. The molecule has 0 radical (unpaired) electrons. The maximum Gasteiger partial charge on any atom is 0.348 e. The Morgan fingerprint density at radius 3 is 2.72 bits per heavy atom. The second kappa shape index (κ2) is 7.11. The Balaban J connectivity index is 1.64. The highest BCUT2D eigenvalue weighted by atomic mass is 32.5. The van der Waals surface area contributed by atoms with Crippen molar-refractivity contribution < 1.29 is 28.0 Å². The minimum atomic E-state index is -2.59. The number of rotatable bonds is 4. The maximum absolute atomic E-state index is 12.9. The van der Waals surface area contributed by atoms with Gasteiger partial charge in [0, 0.05) is 27.4 Å². The lowest BCUT2D eigenvalue weighted by Gasteiger charge is -2.29. The minimum absolute atomic E-state index is 0.0597. The van der Waals surface area contributed by atoms with E-state index >= 15 is 0 Å². The Labute approximate surface area is 175 Å². The fourth-order valence-electron chi connectivity index (χ4n) is 3.64. The van der Waals surface area contributed by atoms with E-state index < -0.39 is 15.1 Å². The van der Waals surface area contributed by atoms with E-state index in [1.807, 2.05) is 13.8 Å². The first-order chi connectivity index (χ1) is 13.5. The molecule has 9 heteroatoms. The van der Waals surface area contributed by atoms with E-state index in [0.29, 0.717) is 44.6 Å². The first-order valence-electron chi connectivity index (χ1n) is 9.03. The van der Waals surface area contributed by atoms with E-state index in [4.69, 9.17) is 14.2 Å². The summed E-state index contributed by atoms with van der Waals surface area (Å²) in [6.07, 6.45) is 2.43. The van der Waals surface area contributed by atoms with E-state index in [0.717, 1.165) is 16.9 Å². The van der Waals surface area contributed by atoms with Gasteiger partial charge in [0.2, 0.25) is 6.79 Å². The monoisotopic (exact) mass is 452 g/mol. The van der Waals surface area contributed by atoms with Crippen LogP contribution in [0.5, 0.6) is 11.5 Å². The van der Waals surface area contributed by atoms with Gasteiger partial charge in [-0.3, -0.25) is 9.00 Å². The van der Waals surface area contributed by atoms with E-state index in [1.54, 1.807) is 18.2 Å². The number of esters is 1. The van der Waals surface area contributed by atoms with E-state index in [2.05, 4.69) is 8.02 Å². The van der Waals surface area contributed by atoms with Gasteiger partial charge >= 0.3 is 5.97 Å². The summed E-state index contributed by atoms with van der Waals surface area (Å²) in [6.45, 7) is 4.22. The summed E-state index contributed by atoms with van der Waals surface area (Å²) in [7, 11) is 0.670. The molecular formula is C20H21O6PS2. The third-order valence-electron chi connectivity index (χ3n) is 4.89. The number of hydrogen-bond donors (Lipinski definition) is 0. The molecule has 154 valence electrons. The standard InChI is InChI=1S/C20H21O6PS2/c1-20(2)7-12-16(13(21)8-20)19(29(3,23)27)28-17(12)18(22)24-9-11-4-5-14-15(6-11)26-10-25-14/h4-6,27H,7-10H2,1-3H3. The molecule has 1 aromatic heterocycles. The second-order valence-electron chi connectivity index (χ2n) is 8.12. The zero-order chi connectivity index (χ0) is 21.0. The predicted octanol–water partition coefficient (Wildman–Crippen LogP) is 4.32. The quantitative estimate of drug-likeness (QED) is 0.508. The Hall–Kier alpha value is -1.89. The van der Waals surface area contributed by atoms with E-state index in [1.165, 1.54) is 6.26 Å². The summed E-state index contributed by atoms with van der Waals surface area (Å²) in [5.41, 5.74) is 1.57. The van der Waals surface area contributed by atoms with Crippen LogP contribution in [0, 0.1) is 5.41 Å². The van der Waals surface area contributed by atoms with Crippen LogP contribution in [0.25, 0.3) is 0 Å². The summed E-state index contributed by atoms with van der Waals surface area (Å²) < 4.78 is 29.3. The highest BCUT2D eigenvalue weighted by Crippen LogP contribution is 2.44. The molecule has 29 heavy (non-hydrogen) atoms. The number of fused-ring (bicyclic) bond motifs is 2. The van der Waals surface area contributed by atoms with Crippen LogP contribution < -0.4 is 9.47 Å². The summed E-state index contributed by atoms with van der Waals surface area (Å²) in [5.74, 6) is 0.681. The normalized spacial score (nSPS) is 18.8. The highest BCUT2D eigenvalue weighted by molar-refractivity contribution is 8.21. The molecule has 1 aliphatic carbocycles. The fourth-order valence-corrected chi connectivity index (χ4v) is 6.80. The summed E-state index contributed by atoms with van der Waals surface area (Å²) in [5, 5.41) is 0. The molecule has 1 unspecified atom stereocenters. The first kappa shape index (κ1) is 20.4. The van der Waals surface area contributed by atoms with Gasteiger partial charge in [0.15, 0.2) is 17.3 Å². The molecule has 0 spiro atoms. The lowest BCUT2D eigenvalue weighted by molar-refractivity contribution is 0.0476. The third kappa shape index (κ3) is 3.93. The highest BCUT2D eigenvalue weighted by Gasteiger charge is 2.39. The van der Waals surface area contributed by atoms with Crippen LogP contribution in [-0.2, 0) is 26.9 Å². The number of thiophene rings is 1. The molecule has 0 bridgehead atoms. The van der Waals surface area contributed by atoms with Crippen LogP contribution in [0.2, 0.25) is 0 Å². The van der Waals surface area contributed by atoms with Gasteiger partial charge in [0.05, 0.1) is 4.21 Å². The molecule has 6 nitrogen and oxygen atoms in total. The van der Waals surface area contributed by atoms with Crippen molar-refractivity contribution in [3.8, 4) is 11.5 Å². The number of carbonyl (C=O) groups is 2. The van der Waals surface area contributed by atoms with Gasteiger partial charge in [-0.25, -0.2) is 4.79 Å². The zero-order valence-corrected chi connectivity index (χ0v) is 19.0. The van der Waals surface area contributed by atoms with Gasteiger partial charge in [-0.1, -0.05) is 27.9 Å². The predicted molar refractivity (Wildman–Crippen MR) is 113 cm³/mol.